The largest absolute Gasteiger partial charge is 0.345 e. The lowest BCUT2D eigenvalue weighted by molar-refractivity contribution is 0.505. The van der Waals surface area contributed by atoms with Crippen LogP contribution >= 0.6 is 11.5 Å². The standard InChI is InChI=1S/C14H14N4O2S/c19-12-9-3-1-2-4-10(9)16-13-11(12)14(20)18(21-13)17-7-5-15-6-8-17/h1-4,15H,5-8H2,(H,16,19). The molecule has 0 atom stereocenters. The molecule has 1 aliphatic heterocycles. The highest BCUT2D eigenvalue weighted by Gasteiger charge is 2.19. The number of hydrogen-bond donors (Lipinski definition) is 2. The number of nitrogens with zero attached hydrogens (tertiary/aromatic N) is 2. The molecule has 1 aliphatic rings. The fourth-order valence-electron chi connectivity index (χ4n) is 2.72. The minimum absolute atomic E-state index is 0.186. The smallest absolute Gasteiger partial charge is 0.293 e. The minimum Gasteiger partial charge on any atom is -0.345 e. The van der Waals surface area contributed by atoms with Gasteiger partial charge >= 0.3 is 0 Å². The lowest BCUT2D eigenvalue weighted by Gasteiger charge is -2.28. The maximum atomic E-state index is 12.6. The molecule has 1 saturated heterocycles. The van der Waals surface area contributed by atoms with Crippen LogP contribution in [0.3, 0.4) is 0 Å². The van der Waals surface area contributed by atoms with Crippen LogP contribution in [0.25, 0.3) is 21.1 Å². The van der Waals surface area contributed by atoms with Gasteiger partial charge in [0.25, 0.3) is 5.56 Å². The Balaban J connectivity index is 2.01. The van der Waals surface area contributed by atoms with Crippen molar-refractivity contribution in [2.45, 2.75) is 0 Å². The molecule has 21 heavy (non-hydrogen) atoms. The number of rotatable bonds is 1. The van der Waals surface area contributed by atoms with E-state index >= 15 is 0 Å². The van der Waals surface area contributed by atoms with E-state index in [0.29, 0.717) is 10.2 Å². The Kier molecular flexibility index (Phi) is 2.83. The van der Waals surface area contributed by atoms with Crippen LogP contribution in [-0.2, 0) is 0 Å². The van der Waals surface area contributed by atoms with Crippen molar-refractivity contribution in [2.24, 2.45) is 0 Å². The number of nitrogens with one attached hydrogen (secondary N) is 2. The van der Waals surface area contributed by atoms with Gasteiger partial charge in [0.2, 0.25) is 5.43 Å². The third kappa shape index (κ3) is 1.89. The van der Waals surface area contributed by atoms with Crippen LogP contribution in [-0.4, -0.2) is 35.2 Å². The minimum atomic E-state index is -0.219. The number of pyridine rings is 1. The number of H-pyrrole nitrogens is 1. The highest BCUT2D eigenvalue weighted by atomic mass is 32.1. The summed E-state index contributed by atoms with van der Waals surface area (Å²) in [5, 5.41) is 6.06. The second kappa shape index (κ2) is 4.71. The summed E-state index contributed by atoms with van der Waals surface area (Å²) >= 11 is 1.31. The first kappa shape index (κ1) is 12.6. The van der Waals surface area contributed by atoms with Crippen molar-refractivity contribution in [3.8, 4) is 0 Å². The Hall–Kier alpha value is -2.12. The van der Waals surface area contributed by atoms with Gasteiger partial charge in [0, 0.05) is 31.6 Å². The molecule has 108 valence electrons. The van der Waals surface area contributed by atoms with Crippen LogP contribution in [0.15, 0.2) is 33.9 Å². The Labute approximate surface area is 123 Å². The quantitative estimate of drug-likeness (QED) is 0.684. The Morgan fingerprint density at radius 2 is 1.86 bits per heavy atom. The summed E-state index contributed by atoms with van der Waals surface area (Å²) in [6.07, 6.45) is 0. The molecule has 0 amide bonds. The van der Waals surface area contributed by atoms with Gasteiger partial charge in [-0.25, -0.2) is 0 Å². The van der Waals surface area contributed by atoms with Crippen molar-refractivity contribution in [3.05, 3.63) is 44.8 Å². The summed E-state index contributed by atoms with van der Waals surface area (Å²) in [4.78, 5) is 29.0. The fraction of sp³-hybridized carbons (Fsp3) is 0.286. The van der Waals surface area contributed by atoms with E-state index < -0.39 is 0 Å². The number of fused-ring (bicyclic) bond motifs is 2. The highest BCUT2D eigenvalue weighted by Crippen LogP contribution is 2.16. The van der Waals surface area contributed by atoms with Crippen molar-refractivity contribution < 1.29 is 0 Å². The third-order valence-electron chi connectivity index (χ3n) is 3.79. The van der Waals surface area contributed by atoms with E-state index in [4.69, 9.17) is 0 Å². The van der Waals surface area contributed by atoms with E-state index in [1.54, 1.807) is 10.1 Å². The van der Waals surface area contributed by atoms with Gasteiger partial charge in [-0.2, -0.15) is 4.07 Å². The molecule has 7 heteroatoms. The molecule has 0 saturated carbocycles. The fourth-order valence-corrected chi connectivity index (χ4v) is 3.77. The number of piperazine rings is 1. The second-order valence-electron chi connectivity index (χ2n) is 5.08. The van der Waals surface area contributed by atoms with Crippen molar-refractivity contribution in [1.29, 1.82) is 0 Å². The van der Waals surface area contributed by atoms with Crippen LogP contribution < -0.4 is 21.3 Å². The Bertz CT molecular complexity index is 933. The number of para-hydroxylation sites is 1. The van der Waals surface area contributed by atoms with Crippen molar-refractivity contribution in [3.63, 3.8) is 0 Å². The monoisotopic (exact) mass is 302 g/mol. The van der Waals surface area contributed by atoms with Gasteiger partial charge in [-0.3, -0.25) is 14.6 Å². The molecule has 0 aliphatic carbocycles. The molecule has 0 radical (unpaired) electrons. The van der Waals surface area contributed by atoms with E-state index in [9.17, 15) is 9.59 Å². The molecule has 6 nitrogen and oxygen atoms in total. The second-order valence-corrected chi connectivity index (χ2v) is 6.01. The lowest BCUT2D eigenvalue weighted by Crippen LogP contribution is -2.51. The van der Waals surface area contributed by atoms with Gasteiger partial charge in [0.15, 0.2) is 0 Å². The molecule has 3 heterocycles. The molecule has 0 spiro atoms. The van der Waals surface area contributed by atoms with E-state index in [2.05, 4.69) is 10.3 Å². The summed E-state index contributed by atoms with van der Waals surface area (Å²) in [5.74, 6) is 0. The zero-order valence-electron chi connectivity index (χ0n) is 11.3. The van der Waals surface area contributed by atoms with Gasteiger partial charge in [-0.15, -0.1) is 0 Å². The summed E-state index contributed by atoms with van der Waals surface area (Å²) < 4.78 is 1.61. The van der Waals surface area contributed by atoms with Crippen LogP contribution in [0.4, 0.5) is 0 Å². The number of benzene rings is 1. The zero-order chi connectivity index (χ0) is 14.4. The van der Waals surface area contributed by atoms with Crippen LogP contribution in [0.2, 0.25) is 0 Å². The maximum Gasteiger partial charge on any atom is 0.293 e. The van der Waals surface area contributed by atoms with Gasteiger partial charge in [-0.05, 0) is 23.7 Å². The summed E-state index contributed by atoms with van der Waals surface area (Å²) in [5.41, 5.74) is 0.363. The predicted molar refractivity (Wildman–Crippen MR) is 85.0 cm³/mol. The molecule has 3 aromatic rings. The molecule has 1 fully saturated rings. The first-order chi connectivity index (χ1) is 10.3. The van der Waals surface area contributed by atoms with Crippen LogP contribution in [0, 0.1) is 0 Å². The van der Waals surface area contributed by atoms with E-state index in [1.165, 1.54) is 11.5 Å². The first-order valence-electron chi connectivity index (χ1n) is 6.89. The summed E-state index contributed by atoms with van der Waals surface area (Å²) in [7, 11) is 0. The molecular weight excluding hydrogens is 288 g/mol. The maximum absolute atomic E-state index is 12.6. The Morgan fingerprint density at radius 1 is 1.10 bits per heavy atom. The predicted octanol–water partition coefficient (Wildman–Crippen LogP) is 0.446. The molecule has 4 rings (SSSR count). The molecule has 2 aromatic heterocycles. The number of aromatic amines is 1. The highest BCUT2D eigenvalue weighted by molar-refractivity contribution is 7.13. The third-order valence-corrected chi connectivity index (χ3v) is 4.85. The molecule has 0 unspecified atom stereocenters. The molecular formula is C14H14N4O2S. The molecule has 0 bridgehead atoms. The summed E-state index contributed by atoms with van der Waals surface area (Å²) in [6, 6.07) is 7.29. The average molecular weight is 302 g/mol. The number of aromatic nitrogens is 2. The summed E-state index contributed by atoms with van der Waals surface area (Å²) in [6.45, 7) is 3.22. The zero-order valence-corrected chi connectivity index (χ0v) is 12.1. The number of hydrogen-bond acceptors (Lipinski definition) is 5. The van der Waals surface area contributed by atoms with Crippen molar-refractivity contribution in [1.82, 2.24) is 14.4 Å². The molecule has 1 aromatic carbocycles. The molecule has 2 N–H and O–H groups in total. The SMILES string of the molecule is O=c1c2ccccc2[nH]c2sn(N3CCNCC3)c(=O)c12. The first-order valence-corrected chi connectivity index (χ1v) is 7.66. The van der Waals surface area contributed by atoms with E-state index in [1.807, 2.05) is 23.2 Å². The van der Waals surface area contributed by atoms with Crippen molar-refractivity contribution in [2.75, 3.05) is 31.2 Å². The van der Waals surface area contributed by atoms with Gasteiger partial charge in [-0.1, -0.05) is 12.1 Å². The van der Waals surface area contributed by atoms with E-state index in [0.717, 1.165) is 31.7 Å². The van der Waals surface area contributed by atoms with Crippen LogP contribution in [0.5, 0.6) is 0 Å². The Morgan fingerprint density at radius 3 is 2.67 bits per heavy atom. The van der Waals surface area contributed by atoms with Gasteiger partial charge in [0.1, 0.15) is 10.2 Å². The van der Waals surface area contributed by atoms with E-state index in [-0.39, 0.29) is 16.4 Å². The lowest BCUT2D eigenvalue weighted by atomic mass is 10.2. The normalized spacial score (nSPS) is 15.9. The van der Waals surface area contributed by atoms with Crippen molar-refractivity contribution >= 4 is 32.7 Å². The van der Waals surface area contributed by atoms with Gasteiger partial charge < -0.3 is 10.3 Å². The topological polar surface area (TPSA) is 70.1 Å². The van der Waals surface area contributed by atoms with Crippen LogP contribution in [0.1, 0.15) is 0 Å². The van der Waals surface area contributed by atoms with Gasteiger partial charge in [0.05, 0.1) is 5.52 Å². The average Bonchev–Trinajstić information content (AvgIpc) is 2.85.